The standard InChI is InChI=1S/C15H29N3/c1-3-5-6-7-8-9-12-18-13-11-17-15(18)14-16-10-4-2/h11,13,16H,3-10,12,14H2,1-2H3. The zero-order valence-electron chi connectivity index (χ0n) is 12.1. The van der Waals surface area contributed by atoms with Crippen LogP contribution in [0.2, 0.25) is 0 Å². The molecule has 0 saturated heterocycles. The Morgan fingerprint density at radius 1 is 1.06 bits per heavy atom. The van der Waals surface area contributed by atoms with Crippen LogP contribution in [0.25, 0.3) is 0 Å². The molecule has 1 rings (SSSR count). The summed E-state index contributed by atoms with van der Waals surface area (Å²) in [5.74, 6) is 1.18. The molecule has 3 nitrogen and oxygen atoms in total. The van der Waals surface area contributed by atoms with Crippen LogP contribution < -0.4 is 5.32 Å². The molecule has 18 heavy (non-hydrogen) atoms. The summed E-state index contributed by atoms with van der Waals surface area (Å²) in [6, 6.07) is 0. The van der Waals surface area contributed by atoms with E-state index in [4.69, 9.17) is 0 Å². The van der Waals surface area contributed by atoms with E-state index in [0.717, 1.165) is 19.6 Å². The van der Waals surface area contributed by atoms with Gasteiger partial charge in [0.15, 0.2) is 0 Å². The van der Waals surface area contributed by atoms with Crippen molar-refractivity contribution in [2.24, 2.45) is 0 Å². The highest BCUT2D eigenvalue weighted by Gasteiger charge is 2.01. The van der Waals surface area contributed by atoms with E-state index in [1.165, 1.54) is 50.8 Å². The molecule has 0 spiro atoms. The Morgan fingerprint density at radius 3 is 2.61 bits per heavy atom. The van der Waals surface area contributed by atoms with E-state index in [9.17, 15) is 0 Å². The molecule has 1 aromatic rings. The molecule has 0 bridgehead atoms. The van der Waals surface area contributed by atoms with Gasteiger partial charge in [-0.1, -0.05) is 46.0 Å². The van der Waals surface area contributed by atoms with Gasteiger partial charge in [-0.2, -0.15) is 0 Å². The molecule has 0 fully saturated rings. The van der Waals surface area contributed by atoms with Crippen LogP contribution >= 0.6 is 0 Å². The Morgan fingerprint density at radius 2 is 1.83 bits per heavy atom. The van der Waals surface area contributed by atoms with Crippen molar-refractivity contribution < 1.29 is 0 Å². The van der Waals surface area contributed by atoms with E-state index in [1.807, 2.05) is 6.20 Å². The van der Waals surface area contributed by atoms with Gasteiger partial charge >= 0.3 is 0 Å². The van der Waals surface area contributed by atoms with E-state index in [2.05, 4.69) is 34.9 Å². The van der Waals surface area contributed by atoms with Crippen LogP contribution in [0.1, 0.15) is 64.6 Å². The molecule has 0 radical (unpaired) electrons. The van der Waals surface area contributed by atoms with Gasteiger partial charge < -0.3 is 9.88 Å². The highest BCUT2D eigenvalue weighted by molar-refractivity contribution is 4.91. The largest absolute Gasteiger partial charge is 0.334 e. The second-order valence-corrected chi connectivity index (χ2v) is 4.98. The third-order valence-corrected chi connectivity index (χ3v) is 3.26. The predicted molar refractivity (Wildman–Crippen MR) is 77.6 cm³/mol. The minimum absolute atomic E-state index is 0.899. The van der Waals surface area contributed by atoms with Gasteiger partial charge in [-0.3, -0.25) is 0 Å². The van der Waals surface area contributed by atoms with Gasteiger partial charge in [0.25, 0.3) is 0 Å². The number of nitrogens with zero attached hydrogens (tertiary/aromatic N) is 2. The van der Waals surface area contributed by atoms with Crippen LogP contribution in [0, 0.1) is 0 Å². The Labute approximate surface area is 112 Å². The lowest BCUT2D eigenvalue weighted by Gasteiger charge is -2.08. The third kappa shape index (κ3) is 6.20. The lowest BCUT2D eigenvalue weighted by atomic mass is 10.1. The summed E-state index contributed by atoms with van der Waals surface area (Å²) in [7, 11) is 0. The number of hydrogen-bond acceptors (Lipinski definition) is 2. The van der Waals surface area contributed by atoms with Crippen molar-refractivity contribution in [1.29, 1.82) is 0 Å². The third-order valence-electron chi connectivity index (χ3n) is 3.26. The van der Waals surface area contributed by atoms with Crippen LogP contribution in [-0.2, 0) is 13.1 Å². The van der Waals surface area contributed by atoms with E-state index in [0.29, 0.717) is 0 Å². The first-order valence-electron chi connectivity index (χ1n) is 7.59. The number of rotatable bonds is 11. The molecule has 1 aromatic heterocycles. The fraction of sp³-hybridized carbons (Fsp3) is 0.800. The van der Waals surface area contributed by atoms with Crippen molar-refractivity contribution in [3.63, 3.8) is 0 Å². The zero-order chi connectivity index (χ0) is 13.1. The second-order valence-electron chi connectivity index (χ2n) is 4.98. The van der Waals surface area contributed by atoms with Crippen LogP contribution in [0.15, 0.2) is 12.4 Å². The van der Waals surface area contributed by atoms with Crippen molar-refractivity contribution in [2.45, 2.75) is 71.9 Å². The maximum absolute atomic E-state index is 4.42. The van der Waals surface area contributed by atoms with Gasteiger partial charge in [0.05, 0.1) is 6.54 Å². The molecule has 1 N–H and O–H groups in total. The maximum atomic E-state index is 4.42. The summed E-state index contributed by atoms with van der Waals surface area (Å²) in [6.45, 7) is 7.55. The summed E-state index contributed by atoms with van der Waals surface area (Å²) < 4.78 is 2.29. The number of nitrogens with one attached hydrogen (secondary N) is 1. The number of imidazole rings is 1. The normalized spacial score (nSPS) is 11.0. The van der Waals surface area contributed by atoms with Gasteiger partial charge in [-0.25, -0.2) is 4.98 Å². The van der Waals surface area contributed by atoms with Crippen molar-refractivity contribution in [3.05, 3.63) is 18.2 Å². The van der Waals surface area contributed by atoms with Crippen LogP contribution in [-0.4, -0.2) is 16.1 Å². The van der Waals surface area contributed by atoms with E-state index in [1.54, 1.807) is 0 Å². The highest BCUT2D eigenvalue weighted by atomic mass is 15.1. The molecule has 0 amide bonds. The SMILES string of the molecule is CCCCCCCCn1ccnc1CNCCC. The van der Waals surface area contributed by atoms with Crippen molar-refractivity contribution in [3.8, 4) is 0 Å². The van der Waals surface area contributed by atoms with Crippen LogP contribution in [0.4, 0.5) is 0 Å². The van der Waals surface area contributed by atoms with E-state index >= 15 is 0 Å². The molecule has 0 saturated carbocycles. The average molecular weight is 251 g/mol. The zero-order valence-corrected chi connectivity index (χ0v) is 12.1. The predicted octanol–water partition coefficient (Wildman–Crippen LogP) is 3.74. The number of aryl methyl sites for hydroxylation is 1. The molecule has 0 aliphatic carbocycles. The number of hydrogen-bond donors (Lipinski definition) is 1. The monoisotopic (exact) mass is 251 g/mol. The smallest absolute Gasteiger partial charge is 0.122 e. The molecular weight excluding hydrogens is 222 g/mol. The van der Waals surface area contributed by atoms with Crippen LogP contribution in [0.5, 0.6) is 0 Å². The molecule has 0 aromatic carbocycles. The summed E-state index contributed by atoms with van der Waals surface area (Å²) in [6.07, 6.45) is 13.3. The Bertz CT molecular complexity index is 294. The van der Waals surface area contributed by atoms with Gasteiger partial charge in [0.1, 0.15) is 5.82 Å². The second kappa shape index (κ2) is 10.1. The lowest BCUT2D eigenvalue weighted by Crippen LogP contribution is -2.17. The topological polar surface area (TPSA) is 29.9 Å². The summed E-state index contributed by atoms with van der Waals surface area (Å²) >= 11 is 0. The maximum Gasteiger partial charge on any atom is 0.122 e. The van der Waals surface area contributed by atoms with Crippen molar-refractivity contribution in [1.82, 2.24) is 14.9 Å². The molecule has 0 atom stereocenters. The first kappa shape index (κ1) is 15.2. The van der Waals surface area contributed by atoms with Gasteiger partial charge in [-0.05, 0) is 19.4 Å². The fourth-order valence-corrected chi connectivity index (χ4v) is 2.15. The average Bonchev–Trinajstić information content (AvgIpc) is 2.82. The van der Waals surface area contributed by atoms with Crippen molar-refractivity contribution in [2.75, 3.05) is 6.54 Å². The van der Waals surface area contributed by atoms with Crippen LogP contribution in [0.3, 0.4) is 0 Å². The Hall–Kier alpha value is -0.830. The molecule has 0 unspecified atom stereocenters. The molecule has 104 valence electrons. The molecule has 0 aliphatic heterocycles. The number of unbranched alkanes of at least 4 members (excludes halogenated alkanes) is 5. The molecule has 3 heteroatoms. The first-order chi connectivity index (χ1) is 8.88. The summed E-state index contributed by atoms with van der Waals surface area (Å²) in [5, 5.41) is 3.41. The quantitative estimate of drug-likeness (QED) is 0.607. The minimum atomic E-state index is 0.899. The summed E-state index contributed by atoms with van der Waals surface area (Å²) in [4.78, 5) is 4.42. The van der Waals surface area contributed by atoms with Gasteiger partial charge in [0.2, 0.25) is 0 Å². The highest BCUT2D eigenvalue weighted by Crippen LogP contribution is 2.07. The van der Waals surface area contributed by atoms with E-state index < -0.39 is 0 Å². The minimum Gasteiger partial charge on any atom is -0.334 e. The number of aromatic nitrogens is 2. The Kier molecular flexibility index (Phi) is 8.57. The summed E-state index contributed by atoms with van der Waals surface area (Å²) in [5.41, 5.74) is 0. The van der Waals surface area contributed by atoms with Gasteiger partial charge in [0, 0.05) is 18.9 Å². The Balaban J connectivity index is 2.15. The van der Waals surface area contributed by atoms with E-state index in [-0.39, 0.29) is 0 Å². The molecule has 1 heterocycles. The molecule has 0 aliphatic rings. The fourth-order valence-electron chi connectivity index (χ4n) is 2.15. The molecular formula is C15H29N3. The van der Waals surface area contributed by atoms with Gasteiger partial charge in [-0.15, -0.1) is 0 Å². The lowest BCUT2D eigenvalue weighted by molar-refractivity contribution is 0.533. The van der Waals surface area contributed by atoms with Crippen molar-refractivity contribution >= 4 is 0 Å². The first-order valence-corrected chi connectivity index (χ1v) is 7.59.